The van der Waals surface area contributed by atoms with E-state index in [1.165, 1.54) is 50.3 Å². The molecule has 2 aromatic rings. The largest absolute Gasteiger partial charge is 0.362 e. The lowest BCUT2D eigenvalue weighted by atomic mass is 9.80. The molecule has 1 aromatic heterocycles. The van der Waals surface area contributed by atoms with Crippen LogP contribution < -0.4 is 10.2 Å². The standard InChI is InChI=1S/C27H33Cl2N7S/c1-17(22-5-4-20(28)11-23(22)29)33-27-26(24(31)12-30)32-13-25(34-27)36-15-19(16-36)18-3-2-8-35(14-18)21-6-9-37-10-7-21/h4-5,11,13,17-19,21,31H,2-3,6-10,14-16H2,1H3,(H,33,34). The number of benzene rings is 1. The second-order valence-electron chi connectivity index (χ2n) is 10.3. The number of nitrogens with one attached hydrogen (secondary N) is 2. The molecule has 0 saturated carbocycles. The summed E-state index contributed by atoms with van der Waals surface area (Å²) < 4.78 is 0. The van der Waals surface area contributed by atoms with Gasteiger partial charge in [-0.1, -0.05) is 29.3 Å². The van der Waals surface area contributed by atoms with Crippen LogP contribution in [0.25, 0.3) is 0 Å². The molecule has 37 heavy (non-hydrogen) atoms. The van der Waals surface area contributed by atoms with Gasteiger partial charge in [0.15, 0.2) is 11.5 Å². The summed E-state index contributed by atoms with van der Waals surface area (Å²) >= 11 is 14.6. The molecule has 3 aliphatic rings. The van der Waals surface area contributed by atoms with Crippen molar-refractivity contribution in [2.45, 2.75) is 44.7 Å². The first-order valence-corrected chi connectivity index (χ1v) is 15.0. The minimum atomic E-state index is -0.221. The van der Waals surface area contributed by atoms with Gasteiger partial charge in [0.25, 0.3) is 0 Å². The van der Waals surface area contributed by atoms with Crippen LogP contribution in [0.5, 0.6) is 0 Å². The number of likely N-dealkylation sites (tertiary alicyclic amines) is 1. The number of hydrogen-bond donors (Lipinski definition) is 2. The summed E-state index contributed by atoms with van der Waals surface area (Å²) in [6.07, 6.45) is 6.98. The summed E-state index contributed by atoms with van der Waals surface area (Å²) in [5, 5.41) is 21.9. The lowest BCUT2D eigenvalue weighted by Gasteiger charge is -2.48. The van der Waals surface area contributed by atoms with Gasteiger partial charge in [-0.05, 0) is 80.2 Å². The molecule has 3 fully saturated rings. The fourth-order valence-electron chi connectivity index (χ4n) is 5.81. The van der Waals surface area contributed by atoms with Gasteiger partial charge in [-0.25, -0.2) is 9.97 Å². The van der Waals surface area contributed by atoms with Crippen LogP contribution in [0.15, 0.2) is 24.4 Å². The van der Waals surface area contributed by atoms with Crippen molar-refractivity contribution in [2.75, 3.05) is 47.9 Å². The van der Waals surface area contributed by atoms with E-state index in [0.29, 0.717) is 21.8 Å². The van der Waals surface area contributed by atoms with E-state index in [-0.39, 0.29) is 17.4 Å². The number of thioether (sulfide) groups is 1. The minimum Gasteiger partial charge on any atom is -0.362 e. The first-order valence-electron chi connectivity index (χ1n) is 13.1. The van der Waals surface area contributed by atoms with Crippen LogP contribution in [-0.4, -0.2) is 64.3 Å². The average Bonchev–Trinajstić information content (AvgIpc) is 2.88. The van der Waals surface area contributed by atoms with Crippen molar-refractivity contribution < 1.29 is 0 Å². The zero-order valence-corrected chi connectivity index (χ0v) is 23.4. The number of anilines is 2. The average molecular weight is 559 g/mol. The molecule has 0 aliphatic carbocycles. The number of nitrogens with zero attached hydrogens (tertiary/aromatic N) is 5. The van der Waals surface area contributed by atoms with Gasteiger partial charge in [-0.3, -0.25) is 5.41 Å². The van der Waals surface area contributed by atoms with Crippen LogP contribution in [-0.2, 0) is 0 Å². The number of nitriles is 1. The predicted molar refractivity (Wildman–Crippen MR) is 153 cm³/mol. The van der Waals surface area contributed by atoms with Crippen molar-refractivity contribution in [3.05, 3.63) is 45.7 Å². The molecule has 196 valence electrons. The SMILES string of the molecule is CC(Nc1nc(N2CC(C3CCCN(C4CCSCC4)C3)C2)cnc1C(=N)C#N)c1ccc(Cl)cc1Cl. The van der Waals surface area contributed by atoms with Gasteiger partial charge < -0.3 is 15.1 Å². The molecule has 2 N–H and O–H groups in total. The third kappa shape index (κ3) is 6.01. The van der Waals surface area contributed by atoms with Gasteiger partial charge in [-0.2, -0.15) is 17.0 Å². The minimum absolute atomic E-state index is 0.213. The van der Waals surface area contributed by atoms with E-state index in [1.54, 1.807) is 18.3 Å². The highest BCUT2D eigenvalue weighted by atomic mass is 35.5. The molecule has 10 heteroatoms. The number of rotatable bonds is 7. The lowest BCUT2D eigenvalue weighted by Crippen LogP contribution is -2.55. The Kier molecular flexibility index (Phi) is 8.45. The monoisotopic (exact) mass is 557 g/mol. The summed E-state index contributed by atoms with van der Waals surface area (Å²) in [5.74, 6) is 5.22. The highest BCUT2D eigenvalue weighted by Gasteiger charge is 2.38. The maximum Gasteiger partial charge on any atom is 0.161 e. The molecule has 0 amide bonds. The van der Waals surface area contributed by atoms with E-state index >= 15 is 0 Å². The molecule has 2 atom stereocenters. The molecular weight excluding hydrogens is 525 g/mol. The van der Waals surface area contributed by atoms with Crippen LogP contribution in [0.4, 0.5) is 11.6 Å². The van der Waals surface area contributed by atoms with Gasteiger partial charge in [0.05, 0.1) is 12.2 Å². The van der Waals surface area contributed by atoms with E-state index in [0.717, 1.165) is 36.4 Å². The second kappa shape index (κ2) is 11.8. The van der Waals surface area contributed by atoms with Crippen molar-refractivity contribution in [3.63, 3.8) is 0 Å². The van der Waals surface area contributed by atoms with Crippen LogP contribution in [0.3, 0.4) is 0 Å². The third-order valence-corrected chi connectivity index (χ3v) is 9.60. The Morgan fingerprint density at radius 1 is 1.19 bits per heavy atom. The van der Waals surface area contributed by atoms with Crippen LogP contribution >= 0.6 is 35.0 Å². The molecule has 7 nitrogen and oxygen atoms in total. The van der Waals surface area contributed by atoms with Crippen LogP contribution in [0.2, 0.25) is 10.0 Å². The lowest BCUT2D eigenvalue weighted by molar-refractivity contribution is 0.0805. The summed E-state index contributed by atoms with van der Waals surface area (Å²) in [5.41, 5.74) is 0.879. The van der Waals surface area contributed by atoms with Crippen molar-refractivity contribution in [3.8, 4) is 6.07 Å². The highest BCUT2D eigenvalue weighted by molar-refractivity contribution is 7.99. The zero-order valence-electron chi connectivity index (χ0n) is 21.1. The van der Waals surface area contributed by atoms with Crippen molar-refractivity contribution in [2.24, 2.45) is 11.8 Å². The number of halogens is 2. The number of aromatic nitrogens is 2. The van der Waals surface area contributed by atoms with Crippen molar-refractivity contribution in [1.82, 2.24) is 14.9 Å². The van der Waals surface area contributed by atoms with E-state index in [1.807, 2.05) is 19.1 Å². The summed E-state index contributed by atoms with van der Waals surface area (Å²) in [6, 6.07) is 7.82. The summed E-state index contributed by atoms with van der Waals surface area (Å²) in [4.78, 5) is 14.3. The van der Waals surface area contributed by atoms with E-state index in [2.05, 4.69) is 31.9 Å². The molecule has 0 bridgehead atoms. The third-order valence-electron chi connectivity index (χ3n) is 7.99. The van der Waals surface area contributed by atoms with Gasteiger partial charge in [0.1, 0.15) is 17.6 Å². The number of piperidine rings is 1. The molecule has 1 aromatic carbocycles. The predicted octanol–water partition coefficient (Wildman–Crippen LogP) is 5.89. The molecule has 0 radical (unpaired) electrons. The Morgan fingerprint density at radius 2 is 1.97 bits per heavy atom. The molecule has 3 saturated heterocycles. The molecule has 4 heterocycles. The van der Waals surface area contributed by atoms with E-state index < -0.39 is 0 Å². The topological polar surface area (TPSA) is 91.9 Å². The van der Waals surface area contributed by atoms with E-state index in [9.17, 15) is 5.26 Å². The van der Waals surface area contributed by atoms with Gasteiger partial charge in [-0.15, -0.1) is 0 Å². The maximum absolute atomic E-state index is 9.35. The van der Waals surface area contributed by atoms with Crippen LogP contribution in [0, 0.1) is 28.6 Å². The quantitative estimate of drug-likeness (QED) is 0.410. The van der Waals surface area contributed by atoms with Gasteiger partial charge in [0, 0.05) is 35.7 Å². The molecule has 2 unspecified atom stereocenters. The Bertz CT molecular complexity index is 1170. The zero-order chi connectivity index (χ0) is 25.9. The first kappa shape index (κ1) is 26.6. The second-order valence-corrected chi connectivity index (χ2v) is 12.4. The van der Waals surface area contributed by atoms with Crippen molar-refractivity contribution >= 4 is 52.3 Å². The summed E-state index contributed by atoms with van der Waals surface area (Å²) in [7, 11) is 0. The Labute approximate surface area is 233 Å². The van der Waals surface area contributed by atoms with Gasteiger partial charge >= 0.3 is 0 Å². The molecule has 0 spiro atoms. The smallest absolute Gasteiger partial charge is 0.161 e. The fourth-order valence-corrected chi connectivity index (χ4v) is 7.46. The van der Waals surface area contributed by atoms with Crippen molar-refractivity contribution in [1.29, 1.82) is 10.7 Å². The Hall–Kier alpha value is -2.05. The Morgan fingerprint density at radius 3 is 2.70 bits per heavy atom. The first-order chi connectivity index (χ1) is 17.9. The molecular formula is C27H33Cl2N7S. The normalized spacial score (nSPS) is 22.2. The highest BCUT2D eigenvalue weighted by Crippen LogP contribution is 2.36. The fraction of sp³-hybridized carbons (Fsp3) is 0.556. The summed E-state index contributed by atoms with van der Waals surface area (Å²) in [6.45, 7) is 6.39. The van der Waals surface area contributed by atoms with Gasteiger partial charge in [0.2, 0.25) is 0 Å². The maximum atomic E-state index is 9.35. The molecule has 3 aliphatic heterocycles. The van der Waals surface area contributed by atoms with Crippen LogP contribution in [0.1, 0.15) is 49.9 Å². The van der Waals surface area contributed by atoms with E-state index in [4.69, 9.17) is 33.6 Å². The Balaban J connectivity index is 1.26. The number of hydrogen-bond acceptors (Lipinski definition) is 8. The molecule has 5 rings (SSSR count).